The van der Waals surface area contributed by atoms with Gasteiger partial charge in [0, 0.05) is 12.6 Å². The molecule has 17 heavy (non-hydrogen) atoms. The van der Waals surface area contributed by atoms with Crippen LogP contribution >= 0.6 is 0 Å². The van der Waals surface area contributed by atoms with E-state index in [0.717, 1.165) is 0 Å². The average molecular weight is 238 g/mol. The van der Waals surface area contributed by atoms with Gasteiger partial charge in [0.2, 0.25) is 0 Å². The van der Waals surface area contributed by atoms with Gasteiger partial charge in [0.1, 0.15) is 5.82 Å². The summed E-state index contributed by atoms with van der Waals surface area (Å²) in [6.07, 6.45) is -0.178. The molecule has 2 rings (SSSR count). The molecule has 1 aromatic heterocycles. The number of carboxylic acids is 1. The van der Waals surface area contributed by atoms with Crippen LogP contribution in [0.4, 0.5) is 4.39 Å². The van der Waals surface area contributed by atoms with Gasteiger partial charge in [-0.05, 0) is 18.6 Å². The Morgan fingerprint density at radius 3 is 2.88 bits per heavy atom. The van der Waals surface area contributed by atoms with Crippen LogP contribution in [0, 0.1) is 12.7 Å². The van der Waals surface area contributed by atoms with Gasteiger partial charge in [-0.2, -0.15) is 0 Å². The fourth-order valence-electron chi connectivity index (χ4n) is 1.72. The predicted octanol–water partition coefficient (Wildman–Crippen LogP) is 1.25. The second kappa shape index (κ2) is 4.04. The Balaban J connectivity index is 2.54. The van der Waals surface area contributed by atoms with Crippen LogP contribution in [0.5, 0.6) is 0 Å². The van der Waals surface area contributed by atoms with Crippen molar-refractivity contribution in [1.82, 2.24) is 9.55 Å². The minimum atomic E-state index is -1.00. The summed E-state index contributed by atoms with van der Waals surface area (Å²) in [5, 5.41) is 8.57. The third-order valence-electron chi connectivity index (χ3n) is 2.60. The Bertz CT molecular complexity index is 642. The van der Waals surface area contributed by atoms with Gasteiger partial charge in [-0.25, -0.2) is 9.18 Å². The molecule has 1 aromatic carbocycles. The number of nitrogens with one attached hydrogen (secondary N) is 1. The van der Waals surface area contributed by atoms with E-state index >= 15 is 0 Å². The van der Waals surface area contributed by atoms with Crippen molar-refractivity contribution >= 4 is 17.0 Å². The topological polar surface area (TPSA) is 75.1 Å². The van der Waals surface area contributed by atoms with E-state index in [9.17, 15) is 14.0 Å². The zero-order valence-corrected chi connectivity index (χ0v) is 9.16. The molecule has 0 saturated carbocycles. The number of imidazole rings is 1. The maximum atomic E-state index is 13.4. The lowest BCUT2D eigenvalue weighted by molar-refractivity contribution is -0.137. The third kappa shape index (κ3) is 2.06. The van der Waals surface area contributed by atoms with Crippen molar-refractivity contribution in [2.45, 2.75) is 19.9 Å². The van der Waals surface area contributed by atoms with Gasteiger partial charge in [-0.15, -0.1) is 0 Å². The standard InChI is InChI=1S/C11H11FN2O3/c1-6-4-8-9(5-7(6)12)14(11(17)13-8)3-2-10(15)16/h4-5H,2-3H2,1H3,(H,13,17)(H,15,16). The number of benzene rings is 1. The fourth-order valence-corrected chi connectivity index (χ4v) is 1.72. The molecule has 0 atom stereocenters. The summed E-state index contributed by atoms with van der Waals surface area (Å²) in [5.41, 5.74) is 0.911. The number of carbonyl (C=O) groups is 1. The first-order chi connectivity index (χ1) is 7.99. The first kappa shape index (κ1) is 11.4. The molecule has 0 bridgehead atoms. The summed E-state index contributed by atoms with van der Waals surface area (Å²) in [6, 6.07) is 2.77. The van der Waals surface area contributed by atoms with E-state index in [-0.39, 0.29) is 13.0 Å². The molecule has 0 fully saturated rings. The van der Waals surface area contributed by atoms with Crippen LogP contribution in [0.3, 0.4) is 0 Å². The number of hydrogen-bond donors (Lipinski definition) is 2. The number of fused-ring (bicyclic) bond motifs is 1. The summed E-state index contributed by atoms with van der Waals surface area (Å²) < 4.78 is 14.6. The van der Waals surface area contributed by atoms with Crippen LogP contribution in [-0.2, 0) is 11.3 Å². The van der Waals surface area contributed by atoms with Crippen molar-refractivity contribution in [3.63, 3.8) is 0 Å². The minimum Gasteiger partial charge on any atom is -0.481 e. The van der Waals surface area contributed by atoms with Crippen LogP contribution in [0.1, 0.15) is 12.0 Å². The Morgan fingerprint density at radius 1 is 1.53 bits per heavy atom. The molecule has 2 aromatic rings. The SMILES string of the molecule is Cc1cc2[nH]c(=O)n(CCC(=O)O)c2cc1F. The number of H-pyrrole nitrogens is 1. The van der Waals surface area contributed by atoms with Crippen LogP contribution in [0.2, 0.25) is 0 Å². The lowest BCUT2D eigenvalue weighted by Gasteiger charge is -2.01. The van der Waals surface area contributed by atoms with E-state index in [1.165, 1.54) is 16.7 Å². The monoisotopic (exact) mass is 238 g/mol. The van der Waals surface area contributed by atoms with Crippen molar-refractivity contribution in [3.05, 3.63) is 34.0 Å². The molecule has 5 nitrogen and oxygen atoms in total. The van der Waals surface area contributed by atoms with Crippen molar-refractivity contribution in [3.8, 4) is 0 Å². The van der Waals surface area contributed by atoms with Crippen molar-refractivity contribution in [2.24, 2.45) is 0 Å². The number of hydrogen-bond acceptors (Lipinski definition) is 2. The maximum absolute atomic E-state index is 13.4. The number of aliphatic carboxylic acids is 1. The summed E-state index contributed by atoms with van der Waals surface area (Å²) in [7, 11) is 0. The summed E-state index contributed by atoms with van der Waals surface area (Å²) in [6.45, 7) is 1.62. The molecule has 2 N–H and O–H groups in total. The van der Waals surface area contributed by atoms with Crippen molar-refractivity contribution < 1.29 is 14.3 Å². The van der Waals surface area contributed by atoms with Gasteiger partial charge < -0.3 is 10.1 Å². The zero-order chi connectivity index (χ0) is 12.6. The van der Waals surface area contributed by atoms with Crippen LogP contribution < -0.4 is 5.69 Å². The molecule has 0 aliphatic heterocycles. The maximum Gasteiger partial charge on any atom is 0.326 e. The van der Waals surface area contributed by atoms with E-state index < -0.39 is 17.5 Å². The second-order valence-electron chi connectivity index (χ2n) is 3.84. The molecule has 0 aliphatic carbocycles. The quantitative estimate of drug-likeness (QED) is 0.845. The largest absolute Gasteiger partial charge is 0.481 e. The molecule has 0 saturated heterocycles. The first-order valence-electron chi connectivity index (χ1n) is 5.09. The summed E-state index contributed by atoms with van der Waals surface area (Å²) >= 11 is 0. The van der Waals surface area contributed by atoms with Crippen molar-refractivity contribution in [2.75, 3.05) is 0 Å². The van der Waals surface area contributed by atoms with Gasteiger partial charge in [0.25, 0.3) is 0 Å². The number of rotatable bonds is 3. The van der Waals surface area contributed by atoms with E-state index in [4.69, 9.17) is 5.11 Å². The molecular weight excluding hydrogens is 227 g/mol. The lowest BCUT2D eigenvalue weighted by Crippen LogP contribution is -2.18. The number of aromatic nitrogens is 2. The van der Waals surface area contributed by atoms with Gasteiger partial charge in [0.05, 0.1) is 17.5 Å². The Labute approximate surface area is 95.5 Å². The van der Waals surface area contributed by atoms with Gasteiger partial charge in [-0.3, -0.25) is 9.36 Å². The van der Waals surface area contributed by atoms with Crippen LogP contribution in [0.25, 0.3) is 11.0 Å². The van der Waals surface area contributed by atoms with Gasteiger partial charge >= 0.3 is 11.7 Å². The minimum absolute atomic E-state index is 0.0245. The van der Waals surface area contributed by atoms with E-state index in [1.54, 1.807) is 6.92 Å². The number of nitrogens with zero attached hydrogens (tertiary/aromatic N) is 1. The van der Waals surface area contributed by atoms with E-state index in [1.807, 2.05) is 0 Å². The second-order valence-corrected chi connectivity index (χ2v) is 3.84. The fraction of sp³-hybridized carbons (Fsp3) is 0.273. The highest BCUT2D eigenvalue weighted by molar-refractivity contribution is 5.76. The smallest absolute Gasteiger partial charge is 0.326 e. The van der Waals surface area contributed by atoms with Gasteiger partial charge in [-0.1, -0.05) is 0 Å². The highest BCUT2D eigenvalue weighted by Gasteiger charge is 2.10. The average Bonchev–Trinajstić information content (AvgIpc) is 2.52. The highest BCUT2D eigenvalue weighted by atomic mass is 19.1. The summed E-state index contributed by atoms with van der Waals surface area (Å²) in [4.78, 5) is 24.6. The van der Waals surface area contributed by atoms with E-state index in [2.05, 4.69) is 4.98 Å². The van der Waals surface area contributed by atoms with Crippen LogP contribution in [-0.4, -0.2) is 20.6 Å². The molecule has 0 unspecified atom stereocenters. The lowest BCUT2D eigenvalue weighted by atomic mass is 10.2. The first-order valence-corrected chi connectivity index (χ1v) is 5.09. The Kier molecular flexibility index (Phi) is 2.71. The predicted molar refractivity (Wildman–Crippen MR) is 59.5 cm³/mol. The zero-order valence-electron chi connectivity index (χ0n) is 9.16. The Morgan fingerprint density at radius 2 is 2.24 bits per heavy atom. The van der Waals surface area contributed by atoms with Crippen molar-refractivity contribution in [1.29, 1.82) is 0 Å². The number of carboxylic acid groups (broad SMARTS) is 1. The third-order valence-corrected chi connectivity index (χ3v) is 2.60. The molecular formula is C11H11FN2O3. The number of aromatic amines is 1. The van der Waals surface area contributed by atoms with Crippen LogP contribution in [0.15, 0.2) is 16.9 Å². The molecule has 90 valence electrons. The molecule has 1 heterocycles. The molecule has 0 spiro atoms. The molecule has 0 radical (unpaired) electrons. The molecule has 6 heteroatoms. The normalized spacial score (nSPS) is 10.9. The Hall–Kier alpha value is -2.11. The summed E-state index contributed by atoms with van der Waals surface area (Å²) in [5.74, 6) is -1.42. The highest BCUT2D eigenvalue weighted by Crippen LogP contribution is 2.16. The van der Waals surface area contributed by atoms with Gasteiger partial charge in [0.15, 0.2) is 0 Å². The molecule has 0 amide bonds. The number of halogens is 1. The van der Waals surface area contributed by atoms with E-state index in [0.29, 0.717) is 16.6 Å². The number of aryl methyl sites for hydroxylation is 2. The molecule has 0 aliphatic rings.